The first kappa shape index (κ1) is 29.6. The Bertz CT molecular complexity index is 2190. The van der Waals surface area contributed by atoms with Crippen molar-refractivity contribution in [2.24, 2.45) is 7.05 Å². The number of aromatic nitrogens is 4. The maximum absolute atomic E-state index is 14.7. The lowest BCUT2D eigenvalue weighted by atomic mass is 9.70. The number of benzene rings is 2. The molecule has 3 aliphatic heterocycles. The standard InChI is InChI=1S/C35H34N8O3S/c1-40-21-25(19-39-40)31-28(24-9-5-3-6-10-24)29-30-27(20-38-32(29)43(31)47(45,46)26-11-7-4-8-12-26)41(2)33(44)35(30)14-17-42(18-15-35)34(13-16-36)22-37-23-34/h3-12,19-21,37H,13-15,17-18,22-23H2,1-2H3. The van der Waals surface area contributed by atoms with Crippen molar-refractivity contribution in [3.63, 3.8) is 0 Å². The van der Waals surface area contributed by atoms with Gasteiger partial charge in [0.25, 0.3) is 10.0 Å². The van der Waals surface area contributed by atoms with Gasteiger partial charge in [0.05, 0.1) is 52.1 Å². The van der Waals surface area contributed by atoms with Crippen molar-refractivity contribution in [1.82, 2.24) is 29.0 Å². The third-order valence-electron chi connectivity index (χ3n) is 10.4. The lowest BCUT2D eigenvalue weighted by Crippen LogP contribution is -2.70. The van der Waals surface area contributed by atoms with Crippen molar-refractivity contribution in [3.05, 3.63) is 84.8 Å². The number of nitriles is 1. The Morgan fingerprint density at radius 3 is 2.23 bits per heavy atom. The summed E-state index contributed by atoms with van der Waals surface area (Å²) in [4.78, 5) is 23.5. The van der Waals surface area contributed by atoms with Crippen LogP contribution in [0.1, 0.15) is 24.8 Å². The third-order valence-corrected chi connectivity index (χ3v) is 12.1. The molecule has 0 bridgehead atoms. The molecule has 2 saturated heterocycles. The summed E-state index contributed by atoms with van der Waals surface area (Å²) >= 11 is 0. The molecule has 6 heterocycles. The number of fused-ring (bicyclic) bond motifs is 4. The molecule has 1 amide bonds. The van der Waals surface area contributed by atoms with Gasteiger partial charge in [0.15, 0.2) is 5.65 Å². The number of carbonyl (C=O) groups is 1. The molecule has 1 spiro atoms. The molecule has 0 saturated carbocycles. The van der Waals surface area contributed by atoms with Crippen LogP contribution >= 0.6 is 0 Å². The van der Waals surface area contributed by atoms with Crippen LogP contribution in [0.4, 0.5) is 5.69 Å². The van der Waals surface area contributed by atoms with Gasteiger partial charge in [0.1, 0.15) is 0 Å². The fraction of sp³-hybridized carbons (Fsp3) is 0.314. The molecule has 11 nitrogen and oxygen atoms in total. The van der Waals surface area contributed by atoms with E-state index in [0.717, 1.165) is 24.2 Å². The van der Waals surface area contributed by atoms with E-state index >= 15 is 0 Å². The first-order valence-corrected chi connectivity index (χ1v) is 17.2. The zero-order valence-corrected chi connectivity index (χ0v) is 27.0. The number of pyridine rings is 1. The number of anilines is 1. The first-order chi connectivity index (χ1) is 22.7. The average molecular weight is 647 g/mol. The van der Waals surface area contributed by atoms with E-state index in [0.29, 0.717) is 60.2 Å². The monoisotopic (exact) mass is 646 g/mol. The predicted molar refractivity (Wildman–Crippen MR) is 178 cm³/mol. The van der Waals surface area contributed by atoms with E-state index in [4.69, 9.17) is 4.98 Å². The zero-order valence-electron chi connectivity index (χ0n) is 26.2. The summed E-state index contributed by atoms with van der Waals surface area (Å²) in [6, 6.07) is 20.5. The van der Waals surface area contributed by atoms with E-state index in [1.807, 2.05) is 36.5 Å². The van der Waals surface area contributed by atoms with Gasteiger partial charge in [-0.25, -0.2) is 17.4 Å². The maximum Gasteiger partial charge on any atom is 0.269 e. The summed E-state index contributed by atoms with van der Waals surface area (Å²) in [5.41, 5.74) is 3.27. The summed E-state index contributed by atoms with van der Waals surface area (Å²) in [6.45, 7) is 2.79. The Balaban J connectivity index is 1.44. The van der Waals surface area contributed by atoms with Crippen LogP contribution in [0.2, 0.25) is 0 Å². The zero-order chi connectivity index (χ0) is 32.6. The minimum absolute atomic E-state index is 0.0110. The van der Waals surface area contributed by atoms with Crippen LogP contribution < -0.4 is 10.2 Å². The van der Waals surface area contributed by atoms with Gasteiger partial charge in [-0.15, -0.1) is 0 Å². The number of hydrogen-bond acceptors (Lipinski definition) is 8. The van der Waals surface area contributed by atoms with Crippen molar-refractivity contribution in [2.75, 3.05) is 38.1 Å². The van der Waals surface area contributed by atoms with E-state index in [1.165, 1.54) is 3.97 Å². The molecule has 0 unspecified atom stereocenters. The van der Waals surface area contributed by atoms with Crippen LogP contribution in [0.5, 0.6) is 0 Å². The number of hydrogen-bond donors (Lipinski definition) is 1. The van der Waals surface area contributed by atoms with Gasteiger partial charge in [0, 0.05) is 68.5 Å². The fourth-order valence-electron chi connectivity index (χ4n) is 7.95. The molecular formula is C35H34N8O3S. The average Bonchev–Trinajstić information content (AvgIpc) is 3.72. The molecule has 47 heavy (non-hydrogen) atoms. The molecule has 8 rings (SSSR count). The molecule has 2 aromatic carbocycles. The molecule has 238 valence electrons. The van der Waals surface area contributed by atoms with E-state index in [9.17, 15) is 18.5 Å². The number of nitrogens with zero attached hydrogens (tertiary/aromatic N) is 7. The van der Waals surface area contributed by atoms with Crippen molar-refractivity contribution in [1.29, 1.82) is 5.26 Å². The van der Waals surface area contributed by atoms with Crippen LogP contribution in [-0.2, 0) is 27.3 Å². The summed E-state index contributed by atoms with van der Waals surface area (Å²) < 4.78 is 32.5. The van der Waals surface area contributed by atoms with Gasteiger partial charge in [-0.3, -0.25) is 14.4 Å². The van der Waals surface area contributed by atoms with Crippen LogP contribution in [0.25, 0.3) is 33.4 Å². The van der Waals surface area contributed by atoms with Crippen molar-refractivity contribution < 1.29 is 13.2 Å². The SMILES string of the molecule is CN1C(=O)C2(CCN(C3(CC#N)CNC3)CC2)c2c1cnc1c2c(-c2ccccc2)c(-c2cnn(C)c2)n1S(=O)(=O)c1ccccc1. The number of aryl methyl sites for hydroxylation is 1. The molecule has 3 aliphatic rings. The summed E-state index contributed by atoms with van der Waals surface area (Å²) in [5.74, 6) is -0.0110. The Morgan fingerprint density at radius 2 is 1.64 bits per heavy atom. The Kier molecular flexibility index (Phi) is 6.67. The summed E-state index contributed by atoms with van der Waals surface area (Å²) in [6.07, 6.45) is 6.65. The molecule has 0 atom stereocenters. The number of nitrogens with one attached hydrogen (secondary N) is 1. The number of likely N-dealkylation sites (N-methyl/N-ethyl adjacent to an activating group) is 1. The van der Waals surface area contributed by atoms with Gasteiger partial charge in [0.2, 0.25) is 5.91 Å². The molecule has 0 aliphatic carbocycles. The van der Waals surface area contributed by atoms with E-state index in [2.05, 4.69) is 21.4 Å². The quantitative estimate of drug-likeness (QED) is 0.294. The highest BCUT2D eigenvalue weighted by molar-refractivity contribution is 7.90. The largest absolute Gasteiger partial charge is 0.313 e. The minimum atomic E-state index is -4.17. The topological polar surface area (TPSA) is 129 Å². The molecule has 5 aromatic rings. The Morgan fingerprint density at radius 1 is 0.957 bits per heavy atom. The smallest absolute Gasteiger partial charge is 0.269 e. The fourth-order valence-corrected chi connectivity index (χ4v) is 9.47. The molecular weight excluding hydrogens is 613 g/mol. The highest BCUT2D eigenvalue weighted by Gasteiger charge is 2.55. The van der Waals surface area contributed by atoms with Crippen LogP contribution in [0.15, 0.2) is 84.1 Å². The number of piperidine rings is 1. The van der Waals surface area contributed by atoms with Crippen molar-refractivity contribution >= 4 is 32.7 Å². The number of amides is 1. The lowest BCUT2D eigenvalue weighted by Gasteiger charge is -2.53. The third kappa shape index (κ3) is 4.16. The molecule has 12 heteroatoms. The van der Waals surface area contributed by atoms with Crippen LogP contribution in [0, 0.1) is 11.3 Å². The first-order valence-electron chi connectivity index (χ1n) is 15.8. The Labute approximate surface area is 273 Å². The van der Waals surface area contributed by atoms with Gasteiger partial charge in [-0.1, -0.05) is 48.5 Å². The maximum atomic E-state index is 14.7. The summed E-state index contributed by atoms with van der Waals surface area (Å²) in [7, 11) is -0.585. The van der Waals surface area contributed by atoms with Gasteiger partial charge >= 0.3 is 0 Å². The minimum Gasteiger partial charge on any atom is -0.313 e. The predicted octanol–water partition coefficient (Wildman–Crippen LogP) is 3.91. The van der Waals surface area contributed by atoms with Crippen molar-refractivity contribution in [3.8, 4) is 28.5 Å². The van der Waals surface area contributed by atoms with E-state index < -0.39 is 15.4 Å². The van der Waals surface area contributed by atoms with Gasteiger partial charge in [-0.05, 0) is 30.5 Å². The van der Waals surface area contributed by atoms with Crippen LogP contribution in [-0.4, -0.2) is 76.7 Å². The summed E-state index contributed by atoms with van der Waals surface area (Å²) in [5, 5.41) is 18.0. The van der Waals surface area contributed by atoms with Gasteiger partial charge < -0.3 is 10.2 Å². The number of rotatable bonds is 6. The lowest BCUT2D eigenvalue weighted by molar-refractivity contribution is -0.125. The molecule has 2 fully saturated rings. The van der Waals surface area contributed by atoms with E-state index in [-0.39, 0.29) is 22.0 Å². The highest BCUT2D eigenvalue weighted by atomic mass is 32.2. The van der Waals surface area contributed by atoms with Crippen LogP contribution in [0.3, 0.4) is 0 Å². The van der Waals surface area contributed by atoms with E-state index in [1.54, 1.807) is 66.4 Å². The second kappa shape index (κ2) is 10.6. The number of likely N-dealkylation sites (tertiary alicyclic amines) is 1. The molecule has 3 aromatic heterocycles. The van der Waals surface area contributed by atoms with Crippen molar-refractivity contribution in [2.45, 2.75) is 35.1 Å². The number of carbonyl (C=O) groups excluding carboxylic acids is 1. The normalized spacial score (nSPS) is 18.7. The highest BCUT2D eigenvalue weighted by Crippen LogP contribution is 2.55. The van der Waals surface area contributed by atoms with Gasteiger partial charge in [-0.2, -0.15) is 10.4 Å². The second-order valence-electron chi connectivity index (χ2n) is 12.9. The molecule has 0 radical (unpaired) electrons. The second-order valence-corrected chi connectivity index (χ2v) is 14.7. The Hall–Kier alpha value is -4.83. The molecule has 1 N–H and O–H groups in total.